The van der Waals surface area contributed by atoms with E-state index in [9.17, 15) is 9.59 Å². The maximum absolute atomic E-state index is 13.8. The van der Waals surface area contributed by atoms with Crippen LogP contribution in [0.1, 0.15) is 37.5 Å². The Morgan fingerprint density at radius 3 is 2.85 bits per heavy atom. The van der Waals surface area contributed by atoms with Crippen LogP contribution in [0.15, 0.2) is 58.7 Å². The van der Waals surface area contributed by atoms with E-state index in [1.54, 1.807) is 22.8 Å². The molecule has 1 N–H and O–H groups in total. The van der Waals surface area contributed by atoms with Crippen molar-refractivity contribution in [2.75, 3.05) is 11.4 Å². The zero-order valence-corrected chi connectivity index (χ0v) is 18.9. The number of hydrogen-bond acceptors (Lipinski definition) is 7. The number of benzene rings is 1. The number of H-pyrrole nitrogens is 1. The summed E-state index contributed by atoms with van der Waals surface area (Å²) in [5, 5.41) is 1.09. The van der Waals surface area contributed by atoms with Gasteiger partial charge in [0.25, 0.3) is 11.1 Å². The Morgan fingerprint density at radius 1 is 1.09 bits per heavy atom. The molecule has 34 heavy (non-hydrogen) atoms. The van der Waals surface area contributed by atoms with E-state index >= 15 is 0 Å². The van der Waals surface area contributed by atoms with Crippen molar-refractivity contribution in [1.82, 2.24) is 29.5 Å². The molecule has 0 bridgehead atoms. The van der Waals surface area contributed by atoms with E-state index in [0.717, 1.165) is 31.4 Å². The van der Waals surface area contributed by atoms with Crippen molar-refractivity contribution in [2.45, 2.75) is 31.7 Å². The van der Waals surface area contributed by atoms with Gasteiger partial charge in [-0.3, -0.25) is 14.2 Å². The van der Waals surface area contributed by atoms with Crippen LogP contribution in [0, 0.1) is 0 Å². The van der Waals surface area contributed by atoms with Gasteiger partial charge in [0, 0.05) is 12.2 Å². The van der Waals surface area contributed by atoms with Gasteiger partial charge < -0.3 is 9.88 Å². The summed E-state index contributed by atoms with van der Waals surface area (Å²) < 4.78 is 1.67. The Labute approximate surface area is 198 Å². The van der Waals surface area contributed by atoms with Gasteiger partial charge in [0.1, 0.15) is 23.4 Å². The fourth-order valence-electron chi connectivity index (χ4n) is 4.84. The number of anilines is 1. The Bertz CT molecular complexity index is 1620. The minimum absolute atomic E-state index is 0.206. The second-order valence-electron chi connectivity index (χ2n) is 8.33. The standard InChI is InChI=1S/C24H20ClN7O2/c25-15-8-4-9-16-18(15)24(34)32(14-6-2-1-3-7-14)21(30-16)17-10-5-11-31(17)22-19-20(26-12-28-22)27-13-29-23(19)33/h2,4,6-9,12-13,17H,1,3,5,10-11H2,(H,26,27,28,29,33). The number of rotatable bonds is 3. The lowest BCUT2D eigenvalue weighted by Gasteiger charge is -2.28. The number of nitrogens with zero attached hydrogens (tertiary/aromatic N) is 6. The molecule has 0 saturated carbocycles. The first-order chi connectivity index (χ1) is 16.6. The topological polar surface area (TPSA) is 110 Å². The predicted molar refractivity (Wildman–Crippen MR) is 131 cm³/mol. The minimum atomic E-state index is -0.306. The Hall–Kier alpha value is -3.85. The summed E-state index contributed by atoms with van der Waals surface area (Å²) in [7, 11) is 0. The van der Waals surface area contributed by atoms with E-state index in [1.807, 2.05) is 17.1 Å². The van der Waals surface area contributed by atoms with Crippen molar-refractivity contribution in [3.63, 3.8) is 0 Å². The Morgan fingerprint density at radius 2 is 2.00 bits per heavy atom. The second kappa shape index (κ2) is 8.18. The highest BCUT2D eigenvalue weighted by Crippen LogP contribution is 2.37. The summed E-state index contributed by atoms with van der Waals surface area (Å²) in [4.78, 5) is 48.9. The lowest BCUT2D eigenvalue weighted by Crippen LogP contribution is -2.33. The fraction of sp³-hybridized carbons (Fsp3) is 0.250. The fourth-order valence-corrected chi connectivity index (χ4v) is 5.09. The number of nitrogens with one attached hydrogen (secondary N) is 1. The molecule has 2 aliphatic rings. The third-order valence-electron chi connectivity index (χ3n) is 6.35. The van der Waals surface area contributed by atoms with Gasteiger partial charge >= 0.3 is 0 Å². The van der Waals surface area contributed by atoms with Crippen LogP contribution in [-0.2, 0) is 0 Å². The maximum Gasteiger partial charge on any atom is 0.267 e. The van der Waals surface area contributed by atoms with Crippen LogP contribution in [0.3, 0.4) is 0 Å². The van der Waals surface area contributed by atoms with Crippen LogP contribution >= 0.6 is 11.6 Å². The zero-order chi connectivity index (χ0) is 23.2. The molecule has 0 spiro atoms. The minimum Gasteiger partial charge on any atom is -0.346 e. The van der Waals surface area contributed by atoms with Gasteiger partial charge in [-0.1, -0.05) is 29.8 Å². The highest BCUT2D eigenvalue weighted by atomic mass is 35.5. The highest BCUT2D eigenvalue weighted by Gasteiger charge is 2.34. The van der Waals surface area contributed by atoms with Crippen molar-refractivity contribution in [1.29, 1.82) is 0 Å². The highest BCUT2D eigenvalue weighted by molar-refractivity contribution is 6.35. The summed E-state index contributed by atoms with van der Waals surface area (Å²) >= 11 is 6.43. The van der Waals surface area contributed by atoms with Crippen molar-refractivity contribution in [2.24, 2.45) is 0 Å². The molecule has 1 fully saturated rings. The molecule has 170 valence electrons. The molecule has 3 aromatic heterocycles. The number of aromatic amines is 1. The molecule has 0 amide bonds. The quantitative estimate of drug-likeness (QED) is 0.484. The van der Waals surface area contributed by atoms with E-state index in [-0.39, 0.29) is 17.2 Å². The first kappa shape index (κ1) is 20.7. The van der Waals surface area contributed by atoms with E-state index in [2.05, 4.69) is 26.0 Å². The number of hydrogen-bond donors (Lipinski definition) is 1. The van der Waals surface area contributed by atoms with Crippen LogP contribution < -0.4 is 16.0 Å². The molecule has 1 aliphatic carbocycles. The molecule has 9 nitrogen and oxygen atoms in total. The molecule has 6 rings (SSSR count). The molecule has 4 aromatic rings. The third kappa shape index (κ3) is 3.23. The van der Waals surface area contributed by atoms with Crippen molar-refractivity contribution >= 4 is 45.1 Å². The molecule has 1 aliphatic heterocycles. The maximum atomic E-state index is 13.8. The number of halogens is 1. The Kier molecular flexibility index (Phi) is 4.99. The number of allylic oxidation sites excluding steroid dienone is 4. The summed E-state index contributed by atoms with van der Waals surface area (Å²) in [6.45, 7) is 0.656. The smallest absolute Gasteiger partial charge is 0.267 e. The van der Waals surface area contributed by atoms with E-state index in [4.69, 9.17) is 16.6 Å². The van der Waals surface area contributed by atoms with Crippen LogP contribution in [0.5, 0.6) is 0 Å². The lowest BCUT2D eigenvalue weighted by atomic mass is 10.1. The van der Waals surface area contributed by atoms with E-state index in [1.165, 1.54) is 12.7 Å². The van der Waals surface area contributed by atoms with Gasteiger partial charge in [0.2, 0.25) is 0 Å². The molecule has 0 radical (unpaired) electrons. The molecule has 4 heterocycles. The molecular weight excluding hydrogens is 454 g/mol. The average Bonchev–Trinajstić information content (AvgIpc) is 3.34. The van der Waals surface area contributed by atoms with Crippen molar-refractivity contribution in [3.05, 3.63) is 80.6 Å². The molecule has 1 atom stereocenters. The van der Waals surface area contributed by atoms with Crippen molar-refractivity contribution in [3.8, 4) is 0 Å². The van der Waals surface area contributed by atoms with Crippen LogP contribution in [0.2, 0.25) is 5.02 Å². The predicted octanol–water partition coefficient (Wildman–Crippen LogP) is 3.61. The number of fused-ring (bicyclic) bond motifs is 2. The lowest BCUT2D eigenvalue weighted by molar-refractivity contribution is 0.638. The molecule has 1 unspecified atom stereocenters. The van der Waals surface area contributed by atoms with Gasteiger partial charge in [0.05, 0.1) is 28.3 Å². The van der Waals surface area contributed by atoms with E-state index < -0.39 is 0 Å². The van der Waals surface area contributed by atoms with Crippen LogP contribution in [-0.4, -0.2) is 36.0 Å². The normalized spacial score (nSPS) is 18.1. The third-order valence-corrected chi connectivity index (χ3v) is 6.66. The number of aromatic nitrogens is 6. The molecule has 1 saturated heterocycles. The van der Waals surface area contributed by atoms with Gasteiger partial charge in [-0.15, -0.1) is 0 Å². The summed E-state index contributed by atoms with van der Waals surface area (Å²) in [6.07, 6.45) is 12.2. The Balaban J connectivity index is 1.61. The van der Waals surface area contributed by atoms with Gasteiger partial charge in [-0.25, -0.2) is 19.9 Å². The second-order valence-corrected chi connectivity index (χ2v) is 8.74. The summed E-state index contributed by atoms with van der Waals surface area (Å²) in [5.41, 5.74) is 1.14. The van der Waals surface area contributed by atoms with Gasteiger partial charge in [-0.2, -0.15) is 0 Å². The molecule has 10 heteroatoms. The SMILES string of the molecule is O=c1[nH]cnc2ncnc(N3CCCC3c3nc4cccc(Cl)c4c(=O)n3C3=CCCC=C3)c12. The zero-order valence-electron chi connectivity index (χ0n) is 18.1. The monoisotopic (exact) mass is 473 g/mol. The van der Waals surface area contributed by atoms with Crippen LogP contribution in [0.25, 0.3) is 27.6 Å². The van der Waals surface area contributed by atoms with Crippen LogP contribution in [0.4, 0.5) is 5.82 Å². The first-order valence-electron chi connectivity index (χ1n) is 11.2. The summed E-state index contributed by atoms with van der Waals surface area (Å²) in [5.74, 6) is 1.09. The largest absolute Gasteiger partial charge is 0.346 e. The van der Waals surface area contributed by atoms with Gasteiger partial charge in [0.15, 0.2) is 5.65 Å². The van der Waals surface area contributed by atoms with E-state index in [0.29, 0.717) is 45.1 Å². The van der Waals surface area contributed by atoms with Crippen molar-refractivity contribution < 1.29 is 0 Å². The molecule has 1 aromatic carbocycles. The first-order valence-corrected chi connectivity index (χ1v) is 11.5. The van der Waals surface area contributed by atoms with Gasteiger partial charge in [-0.05, 0) is 43.9 Å². The molecular formula is C24H20ClN7O2. The average molecular weight is 474 g/mol. The summed E-state index contributed by atoms with van der Waals surface area (Å²) in [6, 6.07) is 5.02.